The zero-order valence-electron chi connectivity index (χ0n) is 33.5. The summed E-state index contributed by atoms with van der Waals surface area (Å²) in [7, 11) is 0. The number of imide groups is 1. The molecule has 0 radical (unpaired) electrons. The Bertz CT molecular complexity index is 1600. The number of benzene rings is 3. The number of nitrogens with zero attached hydrogens (tertiary/aromatic N) is 2. The van der Waals surface area contributed by atoms with Gasteiger partial charge in [0.15, 0.2) is 6.29 Å². The van der Waals surface area contributed by atoms with Gasteiger partial charge in [0.1, 0.15) is 12.6 Å². The molecule has 10 nitrogen and oxygen atoms in total. The van der Waals surface area contributed by atoms with Crippen molar-refractivity contribution in [2.24, 2.45) is 0 Å². The molecular weight excluding hydrogens is 707 g/mol. The molecule has 3 aromatic carbocycles. The van der Waals surface area contributed by atoms with Crippen LogP contribution in [0.1, 0.15) is 138 Å². The smallest absolute Gasteiger partial charge is 0.408 e. The van der Waals surface area contributed by atoms with Crippen LogP contribution >= 0.6 is 0 Å². The summed E-state index contributed by atoms with van der Waals surface area (Å²) in [4.78, 5) is 42.6. The molecule has 10 heteroatoms. The van der Waals surface area contributed by atoms with Crippen LogP contribution in [0.2, 0.25) is 0 Å². The van der Waals surface area contributed by atoms with Crippen molar-refractivity contribution >= 4 is 23.6 Å². The summed E-state index contributed by atoms with van der Waals surface area (Å²) < 4.78 is 18.6. The minimum Gasteiger partial charge on any atom is -0.445 e. The number of nitrogens with one attached hydrogen (secondary N) is 1. The van der Waals surface area contributed by atoms with Crippen molar-refractivity contribution in [2.75, 3.05) is 24.5 Å². The van der Waals surface area contributed by atoms with Crippen LogP contribution in [0.4, 0.5) is 10.5 Å². The topological polar surface area (TPSA) is 118 Å². The van der Waals surface area contributed by atoms with Crippen molar-refractivity contribution in [2.45, 2.75) is 141 Å². The van der Waals surface area contributed by atoms with Crippen LogP contribution < -0.4 is 10.2 Å². The number of hydrogen-bond donors (Lipinski definition) is 2. The zero-order chi connectivity index (χ0) is 39.5. The van der Waals surface area contributed by atoms with E-state index in [1.165, 1.54) is 77.0 Å². The van der Waals surface area contributed by atoms with Gasteiger partial charge in [-0.3, -0.25) is 9.59 Å². The van der Waals surface area contributed by atoms with Gasteiger partial charge in [-0.25, -0.2) is 9.69 Å². The summed E-state index contributed by atoms with van der Waals surface area (Å²) >= 11 is 0. The van der Waals surface area contributed by atoms with Crippen LogP contribution in [0.3, 0.4) is 0 Å². The standard InChI is InChI=1S/C46H63N3O7/c1-3-5-7-9-11-16-28-48(29-17-12-10-8-6-4-2)32-40-30-42(37-22-20-35(33-50)21-23-37)56-45(55-40)38-24-26-39(27-25-38)49-43(51)31-41(44(49)52)47-46(53)54-34-36-18-14-13-15-19-36/h13-15,18-27,40-42,45,50H,3-12,16-17,28-34H2,1-2H3,(H,47,53)/t40-,41?,42+,45+/m1/s1. The molecule has 5 rings (SSSR count). The SMILES string of the molecule is CCCCCCCCN(CCCCCCCC)C[C@H]1C[C@@H](c2ccc(CO)cc2)O[C@@H](c2ccc(N3C(=O)CC(NC(=O)OCc4ccccc4)C3=O)cc2)O1. The molecule has 4 atom stereocenters. The summed E-state index contributed by atoms with van der Waals surface area (Å²) in [6.07, 6.45) is 14.0. The fourth-order valence-electron chi connectivity index (χ4n) is 7.55. The molecule has 3 aromatic rings. The third-order valence-electron chi connectivity index (χ3n) is 10.8. The summed E-state index contributed by atoms with van der Waals surface area (Å²) in [5.74, 6) is -0.907. The van der Waals surface area contributed by atoms with Gasteiger partial charge in [-0.15, -0.1) is 0 Å². The summed E-state index contributed by atoms with van der Waals surface area (Å²) in [6.45, 7) is 7.46. The first-order chi connectivity index (χ1) is 27.4. The van der Waals surface area contributed by atoms with E-state index >= 15 is 0 Å². The number of anilines is 1. The average molecular weight is 770 g/mol. The number of rotatable bonds is 23. The largest absolute Gasteiger partial charge is 0.445 e. The highest BCUT2D eigenvalue weighted by Crippen LogP contribution is 2.39. The number of aliphatic hydroxyl groups is 1. The van der Waals surface area contributed by atoms with Crippen LogP contribution in [-0.2, 0) is 37.0 Å². The Morgan fingerprint density at radius 2 is 1.38 bits per heavy atom. The second-order valence-electron chi connectivity index (χ2n) is 15.3. The number of carbonyl (C=O) groups is 3. The fourth-order valence-corrected chi connectivity index (χ4v) is 7.55. The molecule has 2 heterocycles. The molecule has 3 amide bonds. The third-order valence-corrected chi connectivity index (χ3v) is 10.8. The third kappa shape index (κ3) is 13.3. The number of amides is 3. The van der Waals surface area contributed by atoms with Crippen LogP contribution in [0.15, 0.2) is 78.9 Å². The Hall–Kier alpha value is -4.09. The van der Waals surface area contributed by atoms with Crippen molar-refractivity contribution in [3.8, 4) is 0 Å². The highest BCUT2D eigenvalue weighted by atomic mass is 16.7. The zero-order valence-corrected chi connectivity index (χ0v) is 33.5. The quantitative estimate of drug-likeness (QED) is 0.0724. The van der Waals surface area contributed by atoms with Gasteiger partial charge < -0.3 is 29.5 Å². The van der Waals surface area contributed by atoms with Crippen molar-refractivity contribution in [1.82, 2.24) is 10.2 Å². The number of hydrogen-bond acceptors (Lipinski definition) is 8. The molecule has 2 fully saturated rings. The van der Waals surface area contributed by atoms with E-state index in [4.69, 9.17) is 14.2 Å². The summed E-state index contributed by atoms with van der Waals surface area (Å²) in [6, 6.07) is 23.3. The molecule has 1 unspecified atom stereocenters. The minimum atomic E-state index is -1.01. The van der Waals surface area contributed by atoms with Gasteiger partial charge >= 0.3 is 6.09 Å². The van der Waals surface area contributed by atoms with Crippen LogP contribution in [0, 0.1) is 0 Å². The van der Waals surface area contributed by atoms with Crippen molar-refractivity contribution < 1.29 is 33.7 Å². The van der Waals surface area contributed by atoms with E-state index in [9.17, 15) is 19.5 Å². The first kappa shape index (κ1) is 43.0. The Morgan fingerprint density at radius 1 is 0.768 bits per heavy atom. The van der Waals surface area contributed by atoms with Gasteiger partial charge in [0, 0.05) is 18.5 Å². The number of aliphatic hydroxyl groups excluding tert-OH is 1. The predicted octanol–water partition coefficient (Wildman–Crippen LogP) is 9.31. The second kappa shape index (κ2) is 23.2. The summed E-state index contributed by atoms with van der Waals surface area (Å²) in [5.41, 5.74) is 3.90. The first-order valence-electron chi connectivity index (χ1n) is 21.0. The van der Waals surface area contributed by atoms with E-state index in [1.807, 2.05) is 66.7 Å². The highest BCUT2D eigenvalue weighted by Gasteiger charge is 2.41. The number of carbonyl (C=O) groups excluding carboxylic acids is 3. The highest BCUT2D eigenvalue weighted by molar-refractivity contribution is 6.22. The summed E-state index contributed by atoms with van der Waals surface area (Å²) in [5, 5.41) is 12.2. The lowest BCUT2D eigenvalue weighted by atomic mass is 9.99. The van der Waals surface area contributed by atoms with Crippen LogP contribution in [-0.4, -0.2) is 59.7 Å². The van der Waals surface area contributed by atoms with Gasteiger partial charge in [-0.05, 0) is 54.8 Å². The number of unbranched alkanes of at least 4 members (excludes halogenated alkanes) is 10. The molecule has 0 spiro atoms. The van der Waals surface area contributed by atoms with E-state index in [1.54, 1.807) is 12.1 Å². The second-order valence-corrected chi connectivity index (χ2v) is 15.3. The molecule has 304 valence electrons. The van der Waals surface area contributed by atoms with Gasteiger partial charge in [0.25, 0.3) is 5.91 Å². The number of ether oxygens (including phenoxy) is 3. The lowest BCUT2D eigenvalue weighted by molar-refractivity contribution is -0.253. The lowest BCUT2D eigenvalue weighted by Gasteiger charge is -2.38. The van der Waals surface area contributed by atoms with Gasteiger partial charge in [-0.1, -0.05) is 145 Å². The molecule has 2 aliphatic rings. The Morgan fingerprint density at radius 3 is 2.00 bits per heavy atom. The number of alkyl carbamates (subject to hydrolysis) is 1. The minimum absolute atomic E-state index is 0.0183. The molecule has 2 aliphatic heterocycles. The van der Waals surface area contributed by atoms with E-state index in [0.29, 0.717) is 12.1 Å². The van der Waals surface area contributed by atoms with Crippen LogP contribution in [0.25, 0.3) is 0 Å². The van der Waals surface area contributed by atoms with E-state index < -0.39 is 30.2 Å². The molecule has 56 heavy (non-hydrogen) atoms. The van der Waals surface area contributed by atoms with E-state index in [0.717, 1.165) is 46.8 Å². The van der Waals surface area contributed by atoms with Crippen molar-refractivity contribution in [1.29, 1.82) is 0 Å². The molecule has 0 aliphatic carbocycles. The monoisotopic (exact) mass is 769 g/mol. The molecule has 0 saturated carbocycles. The maximum Gasteiger partial charge on any atom is 0.408 e. The van der Waals surface area contributed by atoms with Gasteiger partial charge in [0.05, 0.1) is 30.9 Å². The lowest BCUT2D eigenvalue weighted by Crippen LogP contribution is -2.42. The first-order valence-corrected chi connectivity index (χ1v) is 21.0. The molecular formula is C46H63N3O7. The maximum atomic E-state index is 13.4. The van der Waals surface area contributed by atoms with Crippen molar-refractivity contribution in [3.63, 3.8) is 0 Å². The average Bonchev–Trinajstić information content (AvgIpc) is 3.50. The van der Waals surface area contributed by atoms with Gasteiger partial charge in [-0.2, -0.15) is 0 Å². The van der Waals surface area contributed by atoms with E-state index in [2.05, 4.69) is 24.1 Å². The Balaban J connectivity index is 1.25. The van der Waals surface area contributed by atoms with E-state index in [-0.39, 0.29) is 31.8 Å². The normalized spacial score (nSPS) is 19.8. The molecule has 0 bridgehead atoms. The Kier molecular flexibility index (Phi) is 17.8. The predicted molar refractivity (Wildman–Crippen MR) is 219 cm³/mol. The molecule has 0 aromatic heterocycles. The van der Waals surface area contributed by atoms with Gasteiger partial charge in [0.2, 0.25) is 5.91 Å². The molecule has 2 saturated heterocycles. The maximum absolute atomic E-state index is 13.4. The van der Waals surface area contributed by atoms with Crippen molar-refractivity contribution in [3.05, 3.63) is 101 Å². The Labute approximate surface area is 333 Å². The van der Waals surface area contributed by atoms with Crippen LogP contribution in [0.5, 0.6) is 0 Å². The fraction of sp³-hybridized carbons (Fsp3) is 0.543. The molecule has 2 N–H and O–H groups in total.